The van der Waals surface area contributed by atoms with E-state index in [0.29, 0.717) is 12.0 Å². The molecule has 0 fully saturated rings. The summed E-state index contributed by atoms with van der Waals surface area (Å²) in [5.74, 6) is 1.64. The summed E-state index contributed by atoms with van der Waals surface area (Å²) in [7, 11) is 1.76. The zero-order chi connectivity index (χ0) is 15.5. The second kappa shape index (κ2) is 10.6. The fourth-order valence-corrected chi connectivity index (χ4v) is 2.17. The monoisotopic (exact) mass is 293 g/mol. The zero-order valence-corrected chi connectivity index (χ0v) is 14.0. The Hall–Kier alpha value is -1.06. The Labute approximate surface area is 130 Å². The first-order chi connectivity index (χ1) is 10.2. The van der Waals surface area contributed by atoms with E-state index in [2.05, 4.69) is 50.4 Å². The van der Waals surface area contributed by atoms with Crippen molar-refractivity contribution < 1.29 is 9.47 Å². The standard InChI is InChI=1S/C18H31NO2/c1-5-6-17(14-20-4)19-13-16-7-9-18(10-8-16)21-12-11-15(2)3/h7-10,15,17,19H,5-6,11-14H2,1-4H3. The Balaban J connectivity index is 2.35. The molecule has 0 aromatic heterocycles. The van der Waals surface area contributed by atoms with Gasteiger partial charge in [-0.15, -0.1) is 0 Å². The van der Waals surface area contributed by atoms with Crippen molar-refractivity contribution in [2.75, 3.05) is 20.3 Å². The molecule has 1 rings (SSSR count). The summed E-state index contributed by atoms with van der Waals surface area (Å²) < 4.78 is 11.0. The van der Waals surface area contributed by atoms with E-state index in [1.54, 1.807) is 7.11 Å². The first-order valence-corrected chi connectivity index (χ1v) is 8.09. The first-order valence-electron chi connectivity index (χ1n) is 8.09. The van der Waals surface area contributed by atoms with Crippen LogP contribution in [0.5, 0.6) is 5.75 Å². The normalized spacial score (nSPS) is 12.6. The van der Waals surface area contributed by atoms with Gasteiger partial charge in [0.1, 0.15) is 5.75 Å². The molecule has 1 aromatic carbocycles. The van der Waals surface area contributed by atoms with Crippen molar-refractivity contribution >= 4 is 0 Å². The van der Waals surface area contributed by atoms with Crippen LogP contribution in [0.3, 0.4) is 0 Å². The molecule has 0 amide bonds. The van der Waals surface area contributed by atoms with Crippen LogP contribution in [-0.4, -0.2) is 26.4 Å². The van der Waals surface area contributed by atoms with Crippen LogP contribution in [0.4, 0.5) is 0 Å². The molecular formula is C18H31NO2. The average Bonchev–Trinajstić information content (AvgIpc) is 2.46. The summed E-state index contributed by atoms with van der Waals surface area (Å²) in [6.45, 7) is 9.07. The number of benzene rings is 1. The number of nitrogens with one attached hydrogen (secondary N) is 1. The van der Waals surface area contributed by atoms with Gasteiger partial charge in [0, 0.05) is 19.7 Å². The maximum atomic E-state index is 5.73. The largest absolute Gasteiger partial charge is 0.494 e. The maximum Gasteiger partial charge on any atom is 0.119 e. The van der Waals surface area contributed by atoms with E-state index >= 15 is 0 Å². The molecule has 3 heteroatoms. The predicted octanol–water partition coefficient (Wildman–Crippen LogP) is 4.02. The van der Waals surface area contributed by atoms with E-state index in [0.717, 1.165) is 38.3 Å². The number of methoxy groups -OCH3 is 1. The lowest BCUT2D eigenvalue weighted by Gasteiger charge is -2.17. The van der Waals surface area contributed by atoms with Crippen molar-refractivity contribution in [3.05, 3.63) is 29.8 Å². The molecule has 3 nitrogen and oxygen atoms in total. The minimum atomic E-state index is 0.432. The molecule has 0 heterocycles. The van der Waals surface area contributed by atoms with Crippen LogP contribution < -0.4 is 10.1 Å². The molecule has 1 atom stereocenters. The Morgan fingerprint density at radius 2 is 1.81 bits per heavy atom. The van der Waals surface area contributed by atoms with Gasteiger partial charge in [0.15, 0.2) is 0 Å². The van der Waals surface area contributed by atoms with E-state index in [-0.39, 0.29) is 0 Å². The van der Waals surface area contributed by atoms with Gasteiger partial charge in [-0.25, -0.2) is 0 Å². The molecule has 0 spiro atoms. The summed E-state index contributed by atoms with van der Waals surface area (Å²) in [6, 6.07) is 8.81. The first kappa shape index (κ1) is 18.0. The van der Waals surface area contributed by atoms with Crippen LogP contribution in [0.2, 0.25) is 0 Å². The molecule has 0 aliphatic rings. The molecule has 21 heavy (non-hydrogen) atoms. The second-order valence-corrected chi connectivity index (χ2v) is 6.00. The van der Waals surface area contributed by atoms with Crippen LogP contribution in [0.1, 0.15) is 45.6 Å². The summed E-state index contributed by atoms with van der Waals surface area (Å²) in [5, 5.41) is 3.55. The summed E-state index contributed by atoms with van der Waals surface area (Å²) in [4.78, 5) is 0. The van der Waals surface area contributed by atoms with E-state index in [1.807, 2.05) is 0 Å². The highest BCUT2D eigenvalue weighted by Crippen LogP contribution is 2.13. The van der Waals surface area contributed by atoms with Crippen molar-refractivity contribution in [1.29, 1.82) is 0 Å². The third-order valence-corrected chi connectivity index (χ3v) is 3.49. The molecule has 0 bridgehead atoms. The molecule has 120 valence electrons. The third kappa shape index (κ3) is 8.08. The number of rotatable bonds is 11. The average molecular weight is 293 g/mol. The lowest BCUT2D eigenvalue weighted by atomic mass is 10.1. The highest BCUT2D eigenvalue weighted by atomic mass is 16.5. The molecular weight excluding hydrogens is 262 g/mol. The van der Waals surface area contributed by atoms with Gasteiger partial charge >= 0.3 is 0 Å². The van der Waals surface area contributed by atoms with Gasteiger partial charge in [-0.2, -0.15) is 0 Å². The van der Waals surface area contributed by atoms with E-state index < -0.39 is 0 Å². The fraction of sp³-hybridized carbons (Fsp3) is 0.667. The molecule has 1 unspecified atom stereocenters. The SMILES string of the molecule is CCCC(COC)NCc1ccc(OCCC(C)C)cc1. The van der Waals surface area contributed by atoms with Gasteiger partial charge in [0.05, 0.1) is 13.2 Å². The van der Waals surface area contributed by atoms with Crippen molar-refractivity contribution in [3.63, 3.8) is 0 Å². The van der Waals surface area contributed by atoms with Crippen LogP contribution in [0, 0.1) is 5.92 Å². The van der Waals surface area contributed by atoms with E-state index in [4.69, 9.17) is 9.47 Å². The number of ether oxygens (including phenoxy) is 2. The molecule has 0 saturated carbocycles. The summed E-state index contributed by atoms with van der Waals surface area (Å²) in [6.07, 6.45) is 3.41. The molecule has 0 aliphatic carbocycles. The highest BCUT2D eigenvalue weighted by Gasteiger charge is 2.06. The molecule has 0 aliphatic heterocycles. The molecule has 0 saturated heterocycles. The van der Waals surface area contributed by atoms with Gasteiger partial charge in [-0.1, -0.05) is 39.3 Å². The zero-order valence-electron chi connectivity index (χ0n) is 14.0. The molecule has 1 N–H and O–H groups in total. The van der Waals surface area contributed by atoms with Crippen molar-refractivity contribution in [1.82, 2.24) is 5.32 Å². The molecule has 0 radical (unpaired) electrons. The minimum Gasteiger partial charge on any atom is -0.494 e. The van der Waals surface area contributed by atoms with Gasteiger partial charge in [0.2, 0.25) is 0 Å². The van der Waals surface area contributed by atoms with Gasteiger partial charge < -0.3 is 14.8 Å². The van der Waals surface area contributed by atoms with Crippen molar-refractivity contribution in [2.24, 2.45) is 5.92 Å². The van der Waals surface area contributed by atoms with E-state index in [1.165, 1.54) is 12.0 Å². The Kier molecular flexibility index (Phi) is 9.11. The summed E-state index contributed by atoms with van der Waals surface area (Å²) in [5.41, 5.74) is 1.28. The predicted molar refractivity (Wildman–Crippen MR) is 88.8 cm³/mol. The lowest BCUT2D eigenvalue weighted by Crippen LogP contribution is -2.32. The molecule has 1 aromatic rings. The smallest absolute Gasteiger partial charge is 0.119 e. The minimum absolute atomic E-state index is 0.432. The van der Waals surface area contributed by atoms with Crippen LogP contribution in [0.25, 0.3) is 0 Å². The van der Waals surface area contributed by atoms with Crippen molar-refractivity contribution in [3.8, 4) is 5.75 Å². The number of hydrogen-bond acceptors (Lipinski definition) is 3. The Morgan fingerprint density at radius 1 is 1.10 bits per heavy atom. The highest BCUT2D eigenvalue weighted by molar-refractivity contribution is 5.27. The summed E-state index contributed by atoms with van der Waals surface area (Å²) >= 11 is 0. The number of hydrogen-bond donors (Lipinski definition) is 1. The van der Waals surface area contributed by atoms with Crippen molar-refractivity contribution in [2.45, 2.75) is 52.6 Å². The van der Waals surface area contributed by atoms with Gasteiger partial charge in [-0.05, 0) is 36.5 Å². The van der Waals surface area contributed by atoms with Gasteiger partial charge in [-0.3, -0.25) is 0 Å². The van der Waals surface area contributed by atoms with E-state index in [9.17, 15) is 0 Å². The van der Waals surface area contributed by atoms with Gasteiger partial charge in [0.25, 0.3) is 0 Å². The third-order valence-electron chi connectivity index (χ3n) is 3.49. The maximum absolute atomic E-state index is 5.73. The Morgan fingerprint density at radius 3 is 2.38 bits per heavy atom. The van der Waals surface area contributed by atoms with Crippen LogP contribution >= 0.6 is 0 Å². The van der Waals surface area contributed by atoms with Crippen LogP contribution in [0.15, 0.2) is 24.3 Å². The fourth-order valence-electron chi connectivity index (χ4n) is 2.17. The second-order valence-electron chi connectivity index (χ2n) is 6.00. The lowest BCUT2D eigenvalue weighted by molar-refractivity contribution is 0.161. The topological polar surface area (TPSA) is 30.5 Å². The quantitative estimate of drug-likeness (QED) is 0.668. The van der Waals surface area contributed by atoms with Crippen LogP contribution in [-0.2, 0) is 11.3 Å². The Bertz CT molecular complexity index is 356.